The molecule has 0 amide bonds. The minimum absolute atomic E-state index is 0.0828. The Kier molecular flexibility index (Phi) is 6.14. The Balaban J connectivity index is 1.29. The first-order chi connectivity index (χ1) is 16.0. The second-order valence-electron chi connectivity index (χ2n) is 12.0. The van der Waals surface area contributed by atoms with Crippen LogP contribution in [0.5, 0.6) is 0 Å². The Morgan fingerprint density at radius 1 is 1.03 bits per heavy atom. The molecule has 1 heterocycles. The smallest absolute Gasteiger partial charge is 0.335 e. The van der Waals surface area contributed by atoms with Crippen LogP contribution in [0.15, 0.2) is 0 Å². The summed E-state index contributed by atoms with van der Waals surface area (Å²) < 4.78 is 11.3. The molecule has 4 aliphatic carbocycles. The molecule has 0 radical (unpaired) electrons. The number of hydrogen-bond acceptors (Lipinski definition) is 8. The summed E-state index contributed by atoms with van der Waals surface area (Å²) in [7, 11) is 0. The van der Waals surface area contributed by atoms with Gasteiger partial charge in [-0.3, -0.25) is 4.79 Å². The van der Waals surface area contributed by atoms with Gasteiger partial charge in [0.25, 0.3) is 0 Å². The second-order valence-corrected chi connectivity index (χ2v) is 12.0. The van der Waals surface area contributed by atoms with Crippen LogP contribution in [0.3, 0.4) is 0 Å². The molecule has 0 bridgehead atoms. The number of hydrogen-bond donors (Lipinski definition) is 5. The Hall–Kier alpha value is -1.10. The lowest BCUT2D eigenvalue weighted by Gasteiger charge is -2.61. The first-order valence-electron chi connectivity index (χ1n) is 12.8. The standard InChI is InChI=1S/C25H38O9/c1-24-8-7-12(33-23-20(30)18(28)19(29)21(34-23)22(31)32)9-11(24)3-4-13-14-5-6-16(27)25(14,2)10-15(26)17(13)24/h11-15,17-21,23,26,28-30H,3-10H2,1-2H3,(H,31,32)/t11-,12-,13+,14+,15+,17-,18+,19+,20-,21+,23?,24+,25+/m1/s1. The van der Waals surface area contributed by atoms with Gasteiger partial charge in [-0.25, -0.2) is 4.79 Å². The highest BCUT2D eigenvalue weighted by atomic mass is 16.7. The Bertz CT molecular complexity index is 833. The van der Waals surface area contributed by atoms with Gasteiger partial charge in [0.1, 0.15) is 24.1 Å². The first kappa shape index (κ1) is 24.6. The third kappa shape index (κ3) is 3.58. The van der Waals surface area contributed by atoms with E-state index in [1.807, 2.05) is 0 Å². The number of carboxylic acids is 1. The number of Topliss-reactive ketones (excluding diaryl/α,β-unsaturated/α-hetero) is 1. The van der Waals surface area contributed by atoms with E-state index in [9.17, 15) is 35.1 Å². The summed E-state index contributed by atoms with van der Waals surface area (Å²) in [5.41, 5.74) is -0.481. The highest BCUT2D eigenvalue weighted by Crippen LogP contribution is 2.65. The summed E-state index contributed by atoms with van der Waals surface area (Å²) in [6.07, 6.45) is -2.58. The zero-order chi connectivity index (χ0) is 24.6. The van der Waals surface area contributed by atoms with Crippen molar-refractivity contribution in [3.8, 4) is 0 Å². The summed E-state index contributed by atoms with van der Waals surface area (Å²) in [5, 5.41) is 50.9. The van der Waals surface area contributed by atoms with Crippen molar-refractivity contribution in [2.45, 2.75) is 108 Å². The molecule has 0 aromatic carbocycles. The maximum Gasteiger partial charge on any atom is 0.335 e. The van der Waals surface area contributed by atoms with E-state index in [0.717, 1.165) is 25.7 Å². The molecule has 192 valence electrons. The number of aliphatic carboxylic acids is 1. The number of aliphatic hydroxyl groups is 4. The van der Waals surface area contributed by atoms with Crippen molar-refractivity contribution in [2.75, 3.05) is 0 Å². The molecule has 0 aromatic rings. The summed E-state index contributed by atoms with van der Waals surface area (Å²) in [6.45, 7) is 4.32. The second kappa shape index (κ2) is 8.49. The van der Waals surface area contributed by atoms with E-state index in [2.05, 4.69) is 13.8 Å². The molecule has 5 N–H and O–H groups in total. The van der Waals surface area contributed by atoms with Crippen molar-refractivity contribution < 1.29 is 44.6 Å². The van der Waals surface area contributed by atoms with Crippen LogP contribution < -0.4 is 0 Å². The fourth-order valence-electron chi connectivity index (χ4n) is 8.59. The molecule has 0 aromatic heterocycles. The number of carboxylic acid groups (broad SMARTS) is 1. The summed E-state index contributed by atoms with van der Waals surface area (Å²) in [4.78, 5) is 24.0. The number of ketones is 1. The van der Waals surface area contributed by atoms with Crippen LogP contribution in [-0.2, 0) is 19.1 Å². The van der Waals surface area contributed by atoms with Crippen molar-refractivity contribution in [1.82, 2.24) is 0 Å². The summed E-state index contributed by atoms with van der Waals surface area (Å²) in [5.74, 6) is -0.0129. The molecule has 5 aliphatic rings. The molecule has 34 heavy (non-hydrogen) atoms. The average molecular weight is 483 g/mol. The lowest BCUT2D eigenvalue weighted by molar-refractivity contribution is -0.310. The topological polar surface area (TPSA) is 154 Å². The molecular formula is C25H38O9. The maximum absolute atomic E-state index is 12.7. The van der Waals surface area contributed by atoms with Gasteiger partial charge in [-0.1, -0.05) is 13.8 Å². The third-order valence-corrected chi connectivity index (χ3v) is 10.4. The molecule has 1 saturated heterocycles. The van der Waals surface area contributed by atoms with Gasteiger partial charge in [0.2, 0.25) is 0 Å². The van der Waals surface area contributed by atoms with E-state index >= 15 is 0 Å². The van der Waals surface area contributed by atoms with Gasteiger partial charge in [0, 0.05) is 11.8 Å². The number of rotatable bonds is 3. The van der Waals surface area contributed by atoms with Gasteiger partial charge < -0.3 is 35.0 Å². The quantitative estimate of drug-likeness (QED) is 0.368. The largest absolute Gasteiger partial charge is 0.479 e. The van der Waals surface area contributed by atoms with E-state index in [-0.39, 0.29) is 23.4 Å². The van der Waals surface area contributed by atoms with E-state index < -0.39 is 48.2 Å². The molecule has 1 unspecified atom stereocenters. The van der Waals surface area contributed by atoms with Crippen LogP contribution in [0.25, 0.3) is 0 Å². The van der Waals surface area contributed by atoms with Crippen LogP contribution in [0.4, 0.5) is 0 Å². The average Bonchev–Trinajstić information content (AvgIpc) is 3.07. The molecule has 0 spiro atoms. The Labute approximate surface area is 199 Å². The summed E-state index contributed by atoms with van der Waals surface area (Å²) >= 11 is 0. The highest BCUT2D eigenvalue weighted by molar-refractivity contribution is 5.87. The molecule has 5 rings (SSSR count). The Morgan fingerprint density at radius 2 is 1.76 bits per heavy atom. The fourth-order valence-corrected chi connectivity index (χ4v) is 8.59. The SMILES string of the molecule is C[C@]12CC[C@@H](OC3O[C@H](C(=O)O)[C@@H](O)[C@H](O)[C@H]3O)C[C@H]1CC[C@@H]1[C@@H]2[C@@H](O)C[C@]2(C)C(=O)CC[C@@H]12. The molecule has 4 saturated carbocycles. The van der Waals surface area contributed by atoms with Gasteiger partial charge >= 0.3 is 5.97 Å². The third-order valence-electron chi connectivity index (χ3n) is 10.4. The number of ether oxygens (including phenoxy) is 2. The van der Waals surface area contributed by atoms with Crippen molar-refractivity contribution in [3.05, 3.63) is 0 Å². The van der Waals surface area contributed by atoms with Crippen molar-refractivity contribution in [3.63, 3.8) is 0 Å². The number of carbonyl (C=O) groups excluding carboxylic acids is 1. The van der Waals surface area contributed by atoms with Crippen LogP contribution in [0.1, 0.15) is 65.2 Å². The minimum atomic E-state index is -1.74. The molecular weight excluding hydrogens is 444 g/mol. The van der Waals surface area contributed by atoms with E-state index in [0.29, 0.717) is 43.3 Å². The normalized spacial score (nSPS) is 55.2. The van der Waals surface area contributed by atoms with Gasteiger partial charge in [0.05, 0.1) is 12.2 Å². The van der Waals surface area contributed by atoms with Crippen LogP contribution >= 0.6 is 0 Å². The molecule has 1 aliphatic heterocycles. The predicted octanol–water partition coefficient (Wildman–Crippen LogP) is 0.846. The number of fused-ring (bicyclic) bond motifs is 5. The monoisotopic (exact) mass is 482 g/mol. The van der Waals surface area contributed by atoms with Gasteiger partial charge in [-0.15, -0.1) is 0 Å². The van der Waals surface area contributed by atoms with Crippen molar-refractivity contribution in [2.24, 2.45) is 34.5 Å². The Morgan fingerprint density at radius 3 is 2.47 bits per heavy atom. The number of carbonyl (C=O) groups is 2. The predicted molar refractivity (Wildman–Crippen MR) is 117 cm³/mol. The number of aliphatic hydroxyl groups excluding tert-OH is 4. The molecule has 5 fully saturated rings. The fraction of sp³-hybridized carbons (Fsp3) is 0.920. The van der Waals surface area contributed by atoms with Gasteiger partial charge in [-0.05, 0) is 74.0 Å². The van der Waals surface area contributed by atoms with Crippen LogP contribution in [0.2, 0.25) is 0 Å². The molecule has 13 atom stereocenters. The lowest BCUT2D eigenvalue weighted by Crippen LogP contribution is -2.62. The highest BCUT2D eigenvalue weighted by Gasteiger charge is 2.63. The zero-order valence-electron chi connectivity index (χ0n) is 19.9. The first-order valence-corrected chi connectivity index (χ1v) is 12.8. The molecule has 9 nitrogen and oxygen atoms in total. The van der Waals surface area contributed by atoms with Crippen molar-refractivity contribution in [1.29, 1.82) is 0 Å². The summed E-state index contributed by atoms with van der Waals surface area (Å²) in [6, 6.07) is 0. The lowest BCUT2D eigenvalue weighted by atomic mass is 9.44. The van der Waals surface area contributed by atoms with Crippen LogP contribution in [0, 0.1) is 34.5 Å². The zero-order valence-corrected chi connectivity index (χ0v) is 19.9. The molecule has 9 heteroatoms. The van der Waals surface area contributed by atoms with E-state index in [1.165, 1.54) is 0 Å². The van der Waals surface area contributed by atoms with E-state index in [4.69, 9.17) is 9.47 Å². The van der Waals surface area contributed by atoms with Crippen molar-refractivity contribution >= 4 is 11.8 Å². The minimum Gasteiger partial charge on any atom is -0.479 e. The maximum atomic E-state index is 12.7. The van der Waals surface area contributed by atoms with Crippen LogP contribution in [-0.4, -0.2) is 80.2 Å². The van der Waals surface area contributed by atoms with Gasteiger partial charge in [-0.2, -0.15) is 0 Å². The van der Waals surface area contributed by atoms with E-state index in [1.54, 1.807) is 0 Å². The van der Waals surface area contributed by atoms with Gasteiger partial charge in [0.15, 0.2) is 12.4 Å².